The van der Waals surface area contributed by atoms with Gasteiger partial charge in [-0.1, -0.05) is 18.2 Å². The molecule has 0 unspecified atom stereocenters. The van der Waals surface area contributed by atoms with Gasteiger partial charge >= 0.3 is 0 Å². The highest BCUT2D eigenvalue weighted by Crippen LogP contribution is 2.19. The van der Waals surface area contributed by atoms with Crippen LogP contribution in [0.4, 0.5) is 4.39 Å². The van der Waals surface area contributed by atoms with Gasteiger partial charge in [0.15, 0.2) is 0 Å². The number of nitrogens with one attached hydrogen (secondary N) is 1. The molecule has 0 spiro atoms. The summed E-state index contributed by atoms with van der Waals surface area (Å²) in [5, 5.41) is 0. The minimum atomic E-state index is -3.28. The number of rotatable bonds is 7. The zero-order valence-electron chi connectivity index (χ0n) is 13.7. The average Bonchev–Trinajstić information content (AvgIpc) is 2.95. The Morgan fingerprint density at radius 2 is 2.17 bits per heavy atom. The van der Waals surface area contributed by atoms with Crippen molar-refractivity contribution in [2.75, 3.05) is 19.3 Å². The summed E-state index contributed by atoms with van der Waals surface area (Å²) < 4.78 is 38.5. The van der Waals surface area contributed by atoms with E-state index in [1.165, 1.54) is 6.07 Å². The Hall–Kier alpha value is -1.51. The van der Waals surface area contributed by atoms with E-state index in [9.17, 15) is 17.6 Å². The summed E-state index contributed by atoms with van der Waals surface area (Å²) in [5.74, 6) is -0.437. The molecule has 1 amide bonds. The molecular formula is C16H24FN3O3S. The lowest BCUT2D eigenvalue weighted by Gasteiger charge is -2.26. The Morgan fingerprint density at radius 1 is 1.46 bits per heavy atom. The summed E-state index contributed by atoms with van der Waals surface area (Å²) in [7, 11) is -3.28. The minimum absolute atomic E-state index is 0.114. The predicted molar refractivity (Wildman–Crippen MR) is 90.3 cm³/mol. The first kappa shape index (κ1) is 18.8. The normalized spacial score (nSPS) is 19.5. The van der Waals surface area contributed by atoms with Gasteiger partial charge in [0, 0.05) is 31.6 Å². The van der Waals surface area contributed by atoms with Crippen LogP contribution in [0.25, 0.3) is 0 Å². The highest BCUT2D eigenvalue weighted by Gasteiger charge is 2.29. The standard InChI is InChI=1S/C16H24FN3O3S/c1-24(22,23)19-11-14-6-4-8-20(14)16(21)10-13(18)9-12-5-2-3-7-15(12)17/h2-3,5,7,13-14,19H,4,6,8-11,18H2,1H3/t13-,14+/m1/s1. The van der Waals surface area contributed by atoms with Crippen molar-refractivity contribution in [1.29, 1.82) is 0 Å². The van der Waals surface area contributed by atoms with Crippen molar-refractivity contribution < 1.29 is 17.6 Å². The molecule has 0 bridgehead atoms. The number of benzene rings is 1. The topological polar surface area (TPSA) is 92.5 Å². The van der Waals surface area contributed by atoms with Gasteiger partial charge in [-0.2, -0.15) is 0 Å². The van der Waals surface area contributed by atoms with E-state index >= 15 is 0 Å². The molecular weight excluding hydrogens is 333 g/mol. The number of nitrogens with two attached hydrogens (primary N) is 1. The summed E-state index contributed by atoms with van der Waals surface area (Å²) >= 11 is 0. The third-order valence-electron chi connectivity index (χ3n) is 4.16. The van der Waals surface area contributed by atoms with Gasteiger partial charge < -0.3 is 10.6 Å². The maximum Gasteiger partial charge on any atom is 0.224 e. The van der Waals surface area contributed by atoms with Crippen LogP contribution in [0.15, 0.2) is 24.3 Å². The first-order chi connectivity index (χ1) is 11.3. The van der Waals surface area contributed by atoms with Crippen molar-refractivity contribution in [3.05, 3.63) is 35.6 Å². The van der Waals surface area contributed by atoms with Crippen molar-refractivity contribution in [3.63, 3.8) is 0 Å². The number of sulfonamides is 1. The van der Waals surface area contributed by atoms with Crippen LogP contribution in [0.1, 0.15) is 24.8 Å². The van der Waals surface area contributed by atoms with E-state index in [1.807, 2.05) is 0 Å². The minimum Gasteiger partial charge on any atom is -0.338 e. The number of carbonyl (C=O) groups excluding carboxylic acids is 1. The molecule has 1 aliphatic rings. The van der Waals surface area contributed by atoms with Crippen LogP contribution >= 0.6 is 0 Å². The quantitative estimate of drug-likeness (QED) is 0.748. The molecule has 134 valence electrons. The summed E-state index contributed by atoms with van der Waals surface area (Å²) in [5.41, 5.74) is 6.50. The van der Waals surface area contributed by atoms with E-state index in [2.05, 4.69) is 4.72 Å². The molecule has 8 heteroatoms. The van der Waals surface area contributed by atoms with Crippen LogP contribution in [0.3, 0.4) is 0 Å². The van der Waals surface area contributed by atoms with Crippen molar-refractivity contribution in [1.82, 2.24) is 9.62 Å². The molecule has 6 nitrogen and oxygen atoms in total. The van der Waals surface area contributed by atoms with E-state index < -0.39 is 16.1 Å². The zero-order chi connectivity index (χ0) is 17.7. The molecule has 1 aliphatic heterocycles. The lowest BCUT2D eigenvalue weighted by Crippen LogP contribution is -2.44. The number of nitrogens with zero attached hydrogens (tertiary/aromatic N) is 1. The van der Waals surface area contributed by atoms with Crippen LogP contribution < -0.4 is 10.5 Å². The highest BCUT2D eigenvalue weighted by atomic mass is 32.2. The van der Waals surface area contributed by atoms with Gasteiger partial charge in [0.25, 0.3) is 0 Å². The Labute approximate surface area is 142 Å². The lowest BCUT2D eigenvalue weighted by molar-refractivity contribution is -0.132. The van der Waals surface area contributed by atoms with Crippen molar-refractivity contribution in [3.8, 4) is 0 Å². The summed E-state index contributed by atoms with van der Waals surface area (Å²) in [6.07, 6.45) is 3.10. The van der Waals surface area contributed by atoms with E-state index in [0.717, 1.165) is 19.1 Å². The van der Waals surface area contributed by atoms with Gasteiger partial charge in [-0.05, 0) is 30.9 Å². The molecule has 1 saturated heterocycles. The fourth-order valence-electron chi connectivity index (χ4n) is 2.98. The third kappa shape index (κ3) is 5.54. The third-order valence-corrected chi connectivity index (χ3v) is 4.85. The van der Waals surface area contributed by atoms with Gasteiger partial charge in [-0.25, -0.2) is 17.5 Å². The number of halogens is 1. The largest absolute Gasteiger partial charge is 0.338 e. The van der Waals surface area contributed by atoms with Gasteiger partial charge in [-0.15, -0.1) is 0 Å². The van der Waals surface area contributed by atoms with Gasteiger partial charge in [-0.3, -0.25) is 4.79 Å². The Kier molecular flexibility index (Phi) is 6.31. The van der Waals surface area contributed by atoms with Crippen LogP contribution in [-0.4, -0.2) is 50.7 Å². The van der Waals surface area contributed by atoms with Crippen LogP contribution in [0.2, 0.25) is 0 Å². The van der Waals surface area contributed by atoms with Crippen molar-refractivity contribution in [2.24, 2.45) is 5.73 Å². The summed E-state index contributed by atoms with van der Waals surface area (Å²) in [6, 6.07) is 5.76. The van der Waals surface area contributed by atoms with Crippen LogP contribution in [-0.2, 0) is 21.2 Å². The molecule has 2 rings (SSSR count). The number of carbonyl (C=O) groups is 1. The highest BCUT2D eigenvalue weighted by molar-refractivity contribution is 7.88. The van der Waals surface area contributed by atoms with Gasteiger partial charge in [0.1, 0.15) is 5.82 Å². The first-order valence-corrected chi connectivity index (χ1v) is 9.88. The second-order valence-corrected chi connectivity index (χ2v) is 8.10. The van der Waals surface area contributed by atoms with E-state index in [-0.39, 0.29) is 30.7 Å². The first-order valence-electron chi connectivity index (χ1n) is 7.99. The molecule has 1 heterocycles. The van der Waals surface area contributed by atoms with Gasteiger partial charge in [0.05, 0.1) is 6.26 Å². The SMILES string of the molecule is CS(=O)(=O)NC[C@@H]1CCCN1C(=O)C[C@H](N)Cc1ccccc1F. The maximum absolute atomic E-state index is 13.6. The summed E-state index contributed by atoms with van der Waals surface area (Å²) in [6.45, 7) is 0.814. The fourth-order valence-corrected chi connectivity index (χ4v) is 3.48. The Balaban J connectivity index is 1.89. The molecule has 2 atom stereocenters. The molecule has 3 N–H and O–H groups in total. The number of hydrogen-bond donors (Lipinski definition) is 2. The van der Waals surface area contributed by atoms with E-state index in [4.69, 9.17) is 5.73 Å². The predicted octanol–water partition coefficient (Wildman–Crippen LogP) is 0.626. The Bertz CT molecular complexity index is 681. The molecule has 1 fully saturated rings. The number of hydrogen-bond acceptors (Lipinski definition) is 4. The summed E-state index contributed by atoms with van der Waals surface area (Å²) in [4.78, 5) is 14.1. The number of likely N-dealkylation sites (tertiary alicyclic amines) is 1. The van der Waals surface area contributed by atoms with E-state index in [0.29, 0.717) is 18.5 Å². The molecule has 24 heavy (non-hydrogen) atoms. The van der Waals surface area contributed by atoms with Crippen molar-refractivity contribution in [2.45, 2.75) is 37.8 Å². The second-order valence-electron chi connectivity index (χ2n) is 6.26. The lowest BCUT2D eigenvalue weighted by atomic mass is 10.0. The second kappa shape index (κ2) is 8.04. The smallest absolute Gasteiger partial charge is 0.224 e. The molecule has 0 saturated carbocycles. The molecule has 1 aromatic carbocycles. The monoisotopic (exact) mass is 357 g/mol. The van der Waals surface area contributed by atoms with Crippen molar-refractivity contribution >= 4 is 15.9 Å². The Morgan fingerprint density at radius 3 is 2.83 bits per heavy atom. The van der Waals surface area contributed by atoms with Gasteiger partial charge in [0.2, 0.25) is 15.9 Å². The average molecular weight is 357 g/mol. The molecule has 0 aliphatic carbocycles. The molecule has 0 radical (unpaired) electrons. The molecule has 0 aromatic heterocycles. The number of amides is 1. The van der Waals surface area contributed by atoms with Crippen LogP contribution in [0, 0.1) is 5.82 Å². The molecule has 1 aromatic rings. The zero-order valence-corrected chi connectivity index (χ0v) is 14.6. The van der Waals surface area contributed by atoms with Crippen LogP contribution in [0.5, 0.6) is 0 Å². The van der Waals surface area contributed by atoms with E-state index in [1.54, 1.807) is 23.1 Å². The maximum atomic E-state index is 13.6. The fraction of sp³-hybridized carbons (Fsp3) is 0.562.